The zero-order chi connectivity index (χ0) is 17.6. The zero-order valence-corrected chi connectivity index (χ0v) is 14.3. The molecule has 1 heterocycles. The molecule has 1 aliphatic rings. The third-order valence-electron chi connectivity index (χ3n) is 4.54. The number of aromatic nitrogens is 1. The first-order chi connectivity index (χ1) is 11.6. The zero-order valence-electron chi connectivity index (χ0n) is 14.3. The molecular weight excluding hydrogens is 310 g/mol. The number of hydrogen-bond donors (Lipinski definition) is 0. The molecule has 1 saturated carbocycles. The van der Waals surface area contributed by atoms with Gasteiger partial charge in [0.2, 0.25) is 5.92 Å². The number of hydrogen-bond acceptors (Lipinski definition) is 5. The van der Waals surface area contributed by atoms with Crippen molar-refractivity contribution in [2.24, 2.45) is 5.92 Å². The van der Waals surface area contributed by atoms with Gasteiger partial charge in [0.25, 0.3) is 0 Å². The summed E-state index contributed by atoms with van der Waals surface area (Å²) in [5.41, 5.74) is -0.883. The van der Waals surface area contributed by atoms with Crippen LogP contribution < -0.4 is 0 Å². The van der Waals surface area contributed by atoms with E-state index in [0.29, 0.717) is 12.8 Å². The molecule has 132 valence electrons. The second-order valence-electron chi connectivity index (χ2n) is 5.98. The standard InChI is InChI=1S/C18H25NO5/c1-3-23-16(21)14(17(22)24-4-2)15(20)18(10-6-5-7-11-18)19-12-8-9-13-19/h8-9,12-14H,3-7,10-11H2,1-2H3. The van der Waals surface area contributed by atoms with Crippen molar-refractivity contribution in [2.45, 2.75) is 51.5 Å². The van der Waals surface area contributed by atoms with Crippen molar-refractivity contribution < 1.29 is 23.9 Å². The fraction of sp³-hybridized carbons (Fsp3) is 0.611. The van der Waals surface area contributed by atoms with E-state index in [1.54, 1.807) is 13.8 Å². The number of nitrogens with zero attached hydrogens (tertiary/aromatic N) is 1. The van der Waals surface area contributed by atoms with Crippen LogP contribution in [0.2, 0.25) is 0 Å². The van der Waals surface area contributed by atoms with E-state index in [1.165, 1.54) is 0 Å². The summed E-state index contributed by atoms with van der Waals surface area (Å²) < 4.78 is 11.8. The highest BCUT2D eigenvalue weighted by molar-refractivity contribution is 6.17. The number of ether oxygens (including phenoxy) is 2. The Balaban J connectivity index is 2.40. The number of Topliss-reactive ketones (excluding diaryl/α,β-unsaturated/α-hetero) is 1. The number of rotatable bonds is 7. The second-order valence-corrected chi connectivity index (χ2v) is 5.98. The molecule has 0 spiro atoms. The van der Waals surface area contributed by atoms with Gasteiger partial charge in [0, 0.05) is 12.4 Å². The smallest absolute Gasteiger partial charge is 0.328 e. The maximum atomic E-state index is 13.3. The van der Waals surface area contributed by atoms with Crippen molar-refractivity contribution in [1.82, 2.24) is 4.57 Å². The summed E-state index contributed by atoms with van der Waals surface area (Å²) in [6.45, 7) is 3.51. The molecule has 1 aromatic rings. The minimum Gasteiger partial charge on any atom is -0.465 e. The summed E-state index contributed by atoms with van der Waals surface area (Å²) in [5.74, 6) is -3.59. The van der Waals surface area contributed by atoms with Crippen molar-refractivity contribution in [2.75, 3.05) is 13.2 Å². The maximum Gasteiger partial charge on any atom is 0.328 e. The molecule has 0 saturated heterocycles. The highest BCUT2D eigenvalue weighted by atomic mass is 16.6. The molecule has 6 heteroatoms. The van der Waals surface area contributed by atoms with Crippen LogP contribution in [0, 0.1) is 5.92 Å². The van der Waals surface area contributed by atoms with Crippen LogP contribution in [0.3, 0.4) is 0 Å². The fourth-order valence-electron chi connectivity index (χ4n) is 3.42. The first-order valence-electron chi connectivity index (χ1n) is 8.58. The van der Waals surface area contributed by atoms with Crippen LogP contribution in [0.5, 0.6) is 0 Å². The predicted molar refractivity (Wildman–Crippen MR) is 87.3 cm³/mol. The normalized spacial score (nSPS) is 16.6. The summed E-state index contributed by atoms with van der Waals surface area (Å²) in [5, 5.41) is 0. The Labute approximate surface area is 142 Å². The Hall–Kier alpha value is -2.11. The fourth-order valence-corrected chi connectivity index (χ4v) is 3.42. The molecule has 1 aliphatic carbocycles. The molecule has 1 aromatic heterocycles. The Morgan fingerprint density at radius 2 is 1.46 bits per heavy atom. The third-order valence-corrected chi connectivity index (χ3v) is 4.54. The van der Waals surface area contributed by atoms with Crippen LogP contribution in [0.25, 0.3) is 0 Å². The van der Waals surface area contributed by atoms with Gasteiger partial charge >= 0.3 is 11.9 Å². The Kier molecular flexibility index (Phi) is 6.17. The van der Waals surface area contributed by atoms with Gasteiger partial charge in [-0.15, -0.1) is 0 Å². The average Bonchev–Trinajstić information content (AvgIpc) is 3.11. The monoisotopic (exact) mass is 335 g/mol. The summed E-state index contributed by atoms with van der Waals surface area (Å²) in [7, 11) is 0. The van der Waals surface area contributed by atoms with E-state index in [9.17, 15) is 14.4 Å². The van der Waals surface area contributed by atoms with E-state index < -0.39 is 29.2 Å². The molecule has 0 aromatic carbocycles. The lowest BCUT2D eigenvalue weighted by molar-refractivity contribution is -0.166. The van der Waals surface area contributed by atoms with Gasteiger partial charge < -0.3 is 14.0 Å². The first kappa shape index (κ1) is 18.2. The lowest BCUT2D eigenvalue weighted by Crippen LogP contribution is -2.51. The van der Waals surface area contributed by atoms with Gasteiger partial charge in [-0.2, -0.15) is 0 Å². The molecule has 0 unspecified atom stereocenters. The minimum atomic E-state index is -1.52. The second kappa shape index (κ2) is 8.13. The Morgan fingerprint density at radius 1 is 0.958 bits per heavy atom. The van der Waals surface area contributed by atoms with E-state index in [0.717, 1.165) is 19.3 Å². The van der Waals surface area contributed by atoms with Gasteiger partial charge in [-0.3, -0.25) is 14.4 Å². The van der Waals surface area contributed by atoms with Crippen LogP contribution in [0.4, 0.5) is 0 Å². The average molecular weight is 335 g/mol. The summed E-state index contributed by atoms with van der Waals surface area (Å²) in [6, 6.07) is 3.68. The molecular formula is C18H25NO5. The summed E-state index contributed by atoms with van der Waals surface area (Å²) in [4.78, 5) is 37.9. The molecule has 6 nitrogen and oxygen atoms in total. The van der Waals surface area contributed by atoms with Crippen LogP contribution in [0.1, 0.15) is 46.0 Å². The summed E-state index contributed by atoms with van der Waals surface area (Å²) in [6.07, 6.45) is 7.64. The molecule has 0 aliphatic heterocycles. The first-order valence-corrected chi connectivity index (χ1v) is 8.58. The van der Waals surface area contributed by atoms with Crippen molar-refractivity contribution in [3.63, 3.8) is 0 Å². The molecule has 0 atom stereocenters. The predicted octanol–water partition coefficient (Wildman–Crippen LogP) is 2.46. The van der Waals surface area contributed by atoms with E-state index in [-0.39, 0.29) is 13.2 Å². The SMILES string of the molecule is CCOC(=O)C(C(=O)OCC)C(=O)C1(n2cccc2)CCCCC1. The maximum absolute atomic E-state index is 13.3. The Bertz CT molecular complexity index is 554. The largest absolute Gasteiger partial charge is 0.465 e. The van der Waals surface area contributed by atoms with Crippen LogP contribution in [-0.4, -0.2) is 35.5 Å². The van der Waals surface area contributed by atoms with Crippen molar-refractivity contribution >= 4 is 17.7 Å². The third kappa shape index (κ3) is 3.52. The lowest BCUT2D eigenvalue weighted by atomic mass is 9.74. The van der Waals surface area contributed by atoms with Crippen LogP contribution in [-0.2, 0) is 29.4 Å². The van der Waals surface area contributed by atoms with E-state index in [4.69, 9.17) is 9.47 Å². The topological polar surface area (TPSA) is 74.6 Å². The van der Waals surface area contributed by atoms with Crippen molar-refractivity contribution in [3.05, 3.63) is 24.5 Å². The van der Waals surface area contributed by atoms with Gasteiger partial charge in [0.15, 0.2) is 5.78 Å². The molecule has 0 radical (unpaired) electrons. The summed E-state index contributed by atoms with van der Waals surface area (Å²) >= 11 is 0. The highest BCUT2D eigenvalue weighted by Crippen LogP contribution is 2.38. The minimum absolute atomic E-state index is 0.110. The number of carbonyl (C=O) groups excluding carboxylic acids is 3. The number of carbonyl (C=O) groups is 3. The van der Waals surface area contributed by atoms with Gasteiger partial charge in [0.05, 0.1) is 13.2 Å². The van der Waals surface area contributed by atoms with E-state index in [1.807, 2.05) is 29.1 Å². The molecule has 2 rings (SSSR count). The number of esters is 2. The van der Waals surface area contributed by atoms with E-state index >= 15 is 0 Å². The molecule has 24 heavy (non-hydrogen) atoms. The highest BCUT2D eigenvalue weighted by Gasteiger charge is 2.50. The van der Waals surface area contributed by atoms with Crippen LogP contribution in [0.15, 0.2) is 24.5 Å². The van der Waals surface area contributed by atoms with Crippen LogP contribution >= 0.6 is 0 Å². The van der Waals surface area contributed by atoms with Gasteiger partial charge in [0.1, 0.15) is 5.54 Å². The lowest BCUT2D eigenvalue weighted by Gasteiger charge is -2.38. The van der Waals surface area contributed by atoms with Crippen molar-refractivity contribution in [1.29, 1.82) is 0 Å². The van der Waals surface area contributed by atoms with E-state index in [2.05, 4.69) is 0 Å². The molecule has 0 bridgehead atoms. The molecule has 1 fully saturated rings. The van der Waals surface area contributed by atoms with Gasteiger partial charge in [-0.05, 0) is 38.8 Å². The molecule has 0 N–H and O–H groups in total. The Morgan fingerprint density at radius 3 is 1.92 bits per heavy atom. The number of ketones is 1. The quantitative estimate of drug-likeness (QED) is 0.565. The van der Waals surface area contributed by atoms with Gasteiger partial charge in [-0.25, -0.2) is 0 Å². The molecule has 0 amide bonds. The van der Waals surface area contributed by atoms with Gasteiger partial charge in [-0.1, -0.05) is 19.3 Å². The van der Waals surface area contributed by atoms with Crippen molar-refractivity contribution in [3.8, 4) is 0 Å².